The molecule has 7 aromatic carbocycles. The van der Waals surface area contributed by atoms with Crippen molar-refractivity contribution in [3.05, 3.63) is 214 Å². The fourth-order valence-corrected chi connectivity index (χ4v) is 8.14. The predicted molar refractivity (Wildman–Crippen MR) is 206 cm³/mol. The molecule has 0 aromatic heterocycles. The van der Waals surface area contributed by atoms with Crippen molar-refractivity contribution in [2.24, 2.45) is 9.98 Å². The zero-order valence-electron chi connectivity index (χ0n) is 28.0. The van der Waals surface area contributed by atoms with Crippen molar-refractivity contribution >= 4 is 11.7 Å². The Hall–Kier alpha value is -7.03. The highest BCUT2D eigenvalue weighted by Gasteiger charge is 2.51. The summed E-state index contributed by atoms with van der Waals surface area (Å²) in [6.07, 6.45) is -0.491. The SMILES string of the molecule is N#Cc1cccc(-c2cccc(C3N=C(c4ccccc4)NC(c4ccc5c(c4)C4(c6ccccc6Oc6ccccc64)c4ccccc4-5)=N3)c2)c1. The van der Waals surface area contributed by atoms with Gasteiger partial charge in [0.2, 0.25) is 0 Å². The third-order valence-corrected chi connectivity index (χ3v) is 10.4. The van der Waals surface area contributed by atoms with Gasteiger partial charge in [0, 0.05) is 22.3 Å². The molecule has 1 atom stereocenters. The zero-order valence-corrected chi connectivity index (χ0v) is 28.0. The van der Waals surface area contributed by atoms with Gasteiger partial charge in [-0.05, 0) is 75.3 Å². The van der Waals surface area contributed by atoms with E-state index in [0.29, 0.717) is 5.56 Å². The Morgan fingerprint density at radius 2 is 1.10 bits per heavy atom. The second-order valence-corrected chi connectivity index (χ2v) is 13.3. The molecule has 244 valence electrons. The Morgan fingerprint density at radius 3 is 1.85 bits per heavy atom. The van der Waals surface area contributed by atoms with Gasteiger partial charge in [-0.3, -0.25) is 0 Å². The molecule has 2 aliphatic heterocycles. The van der Waals surface area contributed by atoms with Crippen molar-refractivity contribution in [2.75, 3.05) is 0 Å². The number of aliphatic imine (C=N–C) groups is 2. The van der Waals surface area contributed by atoms with E-state index in [9.17, 15) is 5.26 Å². The number of nitrogens with one attached hydrogen (secondary N) is 1. The van der Waals surface area contributed by atoms with Crippen molar-refractivity contribution in [3.63, 3.8) is 0 Å². The maximum absolute atomic E-state index is 9.53. The van der Waals surface area contributed by atoms with Gasteiger partial charge in [-0.15, -0.1) is 0 Å². The molecule has 10 rings (SSSR count). The second kappa shape index (κ2) is 11.8. The van der Waals surface area contributed by atoms with E-state index in [2.05, 4.69) is 121 Å². The Labute approximate surface area is 301 Å². The summed E-state index contributed by atoms with van der Waals surface area (Å²) in [5.41, 5.74) is 12.0. The summed E-state index contributed by atoms with van der Waals surface area (Å²) in [5.74, 6) is 3.23. The van der Waals surface area contributed by atoms with Gasteiger partial charge in [-0.25, -0.2) is 9.98 Å². The van der Waals surface area contributed by atoms with Crippen LogP contribution in [0, 0.1) is 11.3 Å². The van der Waals surface area contributed by atoms with Crippen LogP contribution in [0.5, 0.6) is 11.5 Å². The van der Waals surface area contributed by atoms with E-state index >= 15 is 0 Å². The second-order valence-electron chi connectivity index (χ2n) is 13.3. The van der Waals surface area contributed by atoms with Crippen molar-refractivity contribution in [1.29, 1.82) is 5.26 Å². The lowest BCUT2D eigenvalue weighted by molar-refractivity contribution is 0.436. The maximum Gasteiger partial charge on any atom is 0.169 e. The molecule has 1 N–H and O–H groups in total. The summed E-state index contributed by atoms with van der Waals surface area (Å²) in [6, 6.07) is 60.8. The minimum Gasteiger partial charge on any atom is -0.457 e. The molecule has 0 fully saturated rings. The number of rotatable bonds is 4. The van der Waals surface area contributed by atoms with Crippen molar-refractivity contribution < 1.29 is 4.74 Å². The normalized spacial score (nSPS) is 15.8. The van der Waals surface area contributed by atoms with Crippen molar-refractivity contribution in [1.82, 2.24) is 5.32 Å². The standard InChI is InChI=1S/C47H30N4O/c48-29-30-12-10-15-32(26-30)33-16-11-17-34(27-33)45-49-44(31-13-2-1-3-14-31)50-46(51-45)35-24-25-37-36-18-4-5-19-38(36)47(41(37)28-35)39-20-6-8-22-42(39)52-43-23-9-7-21-40(43)47/h1-28,45H,(H,49,50,51). The molecule has 3 aliphatic rings. The van der Waals surface area contributed by atoms with E-state index in [1.807, 2.05) is 60.7 Å². The molecule has 5 nitrogen and oxygen atoms in total. The van der Waals surface area contributed by atoms with E-state index < -0.39 is 11.6 Å². The van der Waals surface area contributed by atoms with Gasteiger partial charge in [-0.1, -0.05) is 133 Å². The molecule has 0 bridgehead atoms. The van der Waals surface area contributed by atoms with Crippen LogP contribution in [-0.4, -0.2) is 11.7 Å². The van der Waals surface area contributed by atoms with Crippen LogP contribution in [0.4, 0.5) is 0 Å². The highest BCUT2D eigenvalue weighted by Crippen LogP contribution is 2.62. The van der Waals surface area contributed by atoms with Gasteiger partial charge in [-0.2, -0.15) is 5.26 Å². The maximum atomic E-state index is 9.53. The summed E-state index contributed by atoms with van der Waals surface area (Å²) >= 11 is 0. The molecule has 0 radical (unpaired) electrons. The van der Waals surface area contributed by atoms with Crippen LogP contribution in [0.25, 0.3) is 22.3 Å². The smallest absolute Gasteiger partial charge is 0.169 e. The summed E-state index contributed by atoms with van der Waals surface area (Å²) in [7, 11) is 0. The molecular weight excluding hydrogens is 637 g/mol. The van der Waals surface area contributed by atoms with Gasteiger partial charge >= 0.3 is 0 Å². The third kappa shape index (κ3) is 4.55. The van der Waals surface area contributed by atoms with Gasteiger partial charge in [0.15, 0.2) is 6.17 Å². The molecule has 1 aliphatic carbocycles. The number of nitriles is 1. The van der Waals surface area contributed by atoms with Gasteiger partial charge < -0.3 is 10.1 Å². The van der Waals surface area contributed by atoms with E-state index in [0.717, 1.165) is 62.1 Å². The topological polar surface area (TPSA) is 69.8 Å². The fraction of sp³-hybridized carbons (Fsp3) is 0.0426. The average Bonchev–Trinajstić information content (AvgIpc) is 3.51. The van der Waals surface area contributed by atoms with Gasteiger partial charge in [0.1, 0.15) is 23.2 Å². The Kier molecular flexibility index (Phi) is 6.77. The first-order chi connectivity index (χ1) is 25.7. The number of hydrogen-bond acceptors (Lipinski definition) is 5. The van der Waals surface area contributed by atoms with Crippen LogP contribution in [0.2, 0.25) is 0 Å². The lowest BCUT2D eigenvalue weighted by atomic mass is 9.66. The van der Waals surface area contributed by atoms with Crippen LogP contribution < -0.4 is 10.1 Å². The number of amidine groups is 2. The van der Waals surface area contributed by atoms with Crippen LogP contribution in [0.3, 0.4) is 0 Å². The third-order valence-electron chi connectivity index (χ3n) is 10.4. The summed E-state index contributed by atoms with van der Waals surface area (Å²) in [6.45, 7) is 0. The predicted octanol–water partition coefficient (Wildman–Crippen LogP) is 10.2. The van der Waals surface area contributed by atoms with Crippen LogP contribution >= 0.6 is 0 Å². The largest absolute Gasteiger partial charge is 0.457 e. The quantitative estimate of drug-likeness (QED) is 0.203. The van der Waals surface area contributed by atoms with Crippen LogP contribution in [0.1, 0.15) is 50.7 Å². The Morgan fingerprint density at radius 1 is 0.500 bits per heavy atom. The molecule has 0 saturated heterocycles. The molecule has 0 saturated carbocycles. The molecule has 2 heterocycles. The number of para-hydroxylation sites is 2. The first-order valence-electron chi connectivity index (χ1n) is 17.4. The molecule has 1 unspecified atom stereocenters. The van der Waals surface area contributed by atoms with E-state index in [1.165, 1.54) is 22.3 Å². The number of nitrogens with zero attached hydrogens (tertiary/aromatic N) is 3. The Balaban J connectivity index is 1.16. The molecule has 0 amide bonds. The highest BCUT2D eigenvalue weighted by molar-refractivity contribution is 6.16. The fourth-order valence-electron chi connectivity index (χ4n) is 8.14. The van der Waals surface area contributed by atoms with Crippen LogP contribution in [0.15, 0.2) is 180 Å². The van der Waals surface area contributed by atoms with E-state index in [1.54, 1.807) is 0 Å². The lowest BCUT2D eigenvalue weighted by Crippen LogP contribution is -2.36. The molecule has 5 heteroatoms. The molecule has 52 heavy (non-hydrogen) atoms. The van der Waals surface area contributed by atoms with E-state index in [-0.39, 0.29) is 0 Å². The van der Waals surface area contributed by atoms with Crippen LogP contribution in [-0.2, 0) is 5.41 Å². The monoisotopic (exact) mass is 666 g/mol. The van der Waals surface area contributed by atoms with E-state index in [4.69, 9.17) is 14.7 Å². The van der Waals surface area contributed by atoms with Gasteiger partial charge in [0.25, 0.3) is 0 Å². The first-order valence-corrected chi connectivity index (χ1v) is 17.4. The molecular formula is C47H30N4O. The summed E-state index contributed by atoms with van der Waals surface area (Å²) in [4.78, 5) is 10.5. The van der Waals surface area contributed by atoms with Crippen molar-refractivity contribution in [2.45, 2.75) is 11.6 Å². The summed E-state index contributed by atoms with van der Waals surface area (Å²) in [5, 5.41) is 13.2. The van der Waals surface area contributed by atoms with Crippen molar-refractivity contribution in [3.8, 4) is 39.8 Å². The first kappa shape index (κ1) is 29.8. The number of fused-ring (bicyclic) bond motifs is 9. The summed E-state index contributed by atoms with van der Waals surface area (Å²) < 4.78 is 6.55. The zero-order chi connectivity index (χ0) is 34.6. The number of hydrogen-bond donors (Lipinski definition) is 1. The number of ether oxygens (including phenoxy) is 1. The Bertz CT molecular complexity index is 2620. The molecule has 1 spiro atoms. The highest BCUT2D eigenvalue weighted by atomic mass is 16.5. The molecule has 7 aromatic rings. The number of benzene rings is 7. The minimum atomic E-state index is -0.579. The minimum absolute atomic E-state index is 0.491. The average molecular weight is 667 g/mol. The van der Waals surface area contributed by atoms with Gasteiger partial charge in [0.05, 0.1) is 17.0 Å². The lowest BCUT2D eigenvalue weighted by Gasteiger charge is -2.39.